The average Bonchev–Trinajstić information content (AvgIpc) is 3.56. The van der Waals surface area contributed by atoms with Gasteiger partial charge < -0.3 is 18.6 Å². The van der Waals surface area contributed by atoms with E-state index in [1.165, 1.54) is 7.11 Å². The summed E-state index contributed by atoms with van der Waals surface area (Å²) in [6.07, 6.45) is 4.85. The van der Waals surface area contributed by atoms with Crippen LogP contribution >= 0.6 is 0 Å². The lowest BCUT2D eigenvalue weighted by Gasteiger charge is -2.21. The number of hydrogen-bond acceptors (Lipinski definition) is 5. The summed E-state index contributed by atoms with van der Waals surface area (Å²) >= 11 is 0. The molecule has 4 rings (SSSR count). The van der Waals surface area contributed by atoms with E-state index in [4.69, 9.17) is 9.15 Å². The Labute approximate surface area is 211 Å². The molecule has 0 aliphatic rings. The number of aromatic nitrogens is 2. The number of carbonyl (C=O) groups excluding carboxylic acids is 2. The standard InChI is InChI=1S/C29H31N3O4/c1-21-26(30-28(36-21)25-9-5-4-6-10-25)15-18-32(22(2)33)20-24-13-11-23(12-14-24)19-27(29(34)35-3)31-16-7-8-17-31/h4-14,16-17,27H,15,18-20H2,1-3H3/t27-/m0/s1. The number of ether oxygens (including phenoxy) is 1. The van der Waals surface area contributed by atoms with E-state index in [0.29, 0.717) is 31.8 Å². The summed E-state index contributed by atoms with van der Waals surface area (Å²) in [5.41, 5.74) is 3.83. The van der Waals surface area contributed by atoms with Crippen molar-refractivity contribution in [3.05, 3.63) is 102 Å². The van der Waals surface area contributed by atoms with Crippen molar-refractivity contribution in [1.82, 2.24) is 14.5 Å². The first kappa shape index (κ1) is 25.0. The van der Waals surface area contributed by atoms with Crippen molar-refractivity contribution in [2.75, 3.05) is 13.7 Å². The first-order valence-corrected chi connectivity index (χ1v) is 12.0. The summed E-state index contributed by atoms with van der Waals surface area (Å²) < 4.78 is 12.7. The first-order chi connectivity index (χ1) is 17.4. The minimum Gasteiger partial charge on any atom is -0.467 e. The van der Waals surface area contributed by atoms with E-state index in [2.05, 4.69) is 4.98 Å². The highest BCUT2D eigenvalue weighted by Crippen LogP contribution is 2.22. The van der Waals surface area contributed by atoms with Gasteiger partial charge in [0.15, 0.2) is 0 Å². The van der Waals surface area contributed by atoms with E-state index in [9.17, 15) is 9.59 Å². The fourth-order valence-electron chi connectivity index (χ4n) is 4.18. The molecule has 4 aromatic rings. The van der Waals surface area contributed by atoms with Gasteiger partial charge in [0, 0.05) is 50.8 Å². The van der Waals surface area contributed by atoms with E-state index in [1.807, 2.05) is 95.5 Å². The number of nitrogens with zero attached hydrogens (tertiary/aromatic N) is 3. The van der Waals surface area contributed by atoms with Crippen molar-refractivity contribution in [2.24, 2.45) is 0 Å². The number of benzene rings is 2. The number of carbonyl (C=O) groups is 2. The minimum atomic E-state index is -0.420. The molecular weight excluding hydrogens is 454 g/mol. The van der Waals surface area contributed by atoms with Gasteiger partial charge in [-0.3, -0.25) is 4.79 Å². The quantitative estimate of drug-likeness (QED) is 0.296. The van der Waals surface area contributed by atoms with Crippen LogP contribution in [0.3, 0.4) is 0 Å². The molecule has 2 aromatic carbocycles. The summed E-state index contributed by atoms with van der Waals surface area (Å²) in [5, 5.41) is 0. The van der Waals surface area contributed by atoms with Gasteiger partial charge in [-0.05, 0) is 42.3 Å². The Hall–Kier alpha value is -4.13. The summed E-state index contributed by atoms with van der Waals surface area (Å²) in [6, 6.07) is 21.2. The van der Waals surface area contributed by atoms with Crippen molar-refractivity contribution in [3.8, 4) is 11.5 Å². The molecule has 0 aliphatic carbocycles. The summed E-state index contributed by atoms with van der Waals surface area (Å²) in [5.74, 6) is 1.08. The zero-order valence-electron chi connectivity index (χ0n) is 20.9. The lowest BCUT2D eigenvalue weighted by molar-refractivity contribution is -0.144. The number of rotatable bonds is 10. The van der Waals surface area contributed by atoms with Crippen LogP contribution in [0.4, 0.5) is 0 Å². The Balaban J connectivity index is 1.39. The third-order valence-corrected chi connectivity index (χ3v) is 6.26. The normalized spacial score (nSPS) is 11.8. The first-order valence-electron chi connectivity index (χ1n) is 12.0. The molecule has 1 atom stereocenters. The van der Waals surface area contributed by atoms with E-state index in [1.54, 1.807) is 6.92 Å². The Bertz CT molecular complexity index is 1280. The number of esters is 1. The molecule has 186 valence electrons. The fraction of sp³-hybridized carbons (Fsp3) is 0.276. The Morgan fingerprint density at radius 1 is 1.00 bits per heavy atom. The van der Waals surface area contributed by atoms with E-state index in [-0.39, 0.29) is 11.9 Å². The molecule has 0 bridgehead atoms. The van der Waals surface area contributed by atoms with Gasteiger partial charge in [0.25, 0.3) is 0 Å². The van der Waals surface area contributed by atoms with Crippen molar-refractivity contribution in [3.63, 3.8) is 0 Å². The molecule has 0 saturated heterocycles. The predicted octanol–water partition coefficient (Wildman–Crippen LogP) is 5.00. The summed E-state index contributed by atoms with van der Waals surface area (Å²) in [7, 11) is 1.40. The van der Waals surface area contributed by atoms with Gasteiger partial charge in [-0.2, -0.15) is 0 Å². The Morgan fingerprint density at radius 3 is 2.31 bits per heavy atom. The highest BCUT2D eigenvalue weighted by Gasteiger charge is 2.21. The molecule has 0 unspecified atom stereocenters. The summed E-state index contributed by atoms with van der Waals surface area (Å²) in [6.45, 7) is 4.52. The second-order valence-electron chi connectivity index (χ2n) is 8.77. The second kappa shape index (κ2) is 11.5. The molecule has 0 saturated carbocycles. The van der Waals surface area contributed by atoms with Gasteiger partial charge in [0.2, 0.25) is 11.8 Å². The highest BCUT2D eigenvalue weighted by atomic mass is 16.5. The molecule has 2 heterocycles. The Kier molecular flexibility index (Phi) is 8.00. The largest absolute Gasteiger partial charge is 0.467 e. The molecule has 0 radical (unpaired) electrons. The average molecular weight is 486 g/mol. The smallest absolute Gasteiger partial charge is 0.329 e. The van der Waals surface area contributed by atoms with Gasteiger partial charge in [-0.1, -0.05) is 42.5 Å². The molecule has 1 amide bonds. The van der Waals surface area contributed by atoms with Gasteiger partial charge >= 0.3 is 5.97 Å². The van der Waals surface area contributed by atoms with Gasteiger partial charge in [-0.15, -0.1) is 0 Å². The molecule has 0 spiro atoms. The maximum absolute atomic E-state index is 12.4. The van der Waals surface area contributed by atoms with Crippen molar-refractivity contribution in [1.29, 1.82) is 0 Å². The molecule has 7 nitrogen and oxygen atoms in total. The minimum absolute atomic E-state index is 0.00173. The third kappa shape index (κ3) is 6.10. The third-order valence-electron chi connectivity index (χ3n) is 6.26. The van der Waals surface area contributed by atoms with E-state index < -0.39 is 6.04 Å². The van der Waals surface area contributed by atoms with Crippen LogP contribution in [-0.4, -0.2) is 40.0 Å². The molecule has 0 aliphatic heterocycles. The van der Waals surface area contributed by atoms with Crippen LogP contribution in [0.5, 0.6) is 0 Å². The number of methoxy groups -OCH3 is 1. The van der Waals surface area contributed by atoms with Crippen LogP contribution in [0, 0.1) is 6.92 Å². The number of oxazole rings is 1. The number of hydrogen-bond donors (Lipinski definition) is 0. The predicted molar refractivity (Wildman–Crippen MR) is 137 cm³/mol. The zero-order valence-corrected chi connectivity index (χ0v) is 20.9. The lowest BCUT2D eigenvalue weighted by Crippen LogP contribution is -2.30. The Morgan fingerprint density at radius 2 is 1.67 bits per heavy atom. The second-order valence-corrected chi connectivity index (χ2v) is 8.77. The SMILES string of the molecule is COC(=O)[C@H](Cc1ccc(CN(CCc2nc(-c3ccccc3)oc2C)C(C)=O)cc1)n1cccc1. The van der Waals surface area contributed by atoms with Gasteiger partial charge in [0.1, 0.15) is 11.8 Å². The molecule has 36 heavy (non-hydrogen) atoms. The summed E-state index contributed by atoms with van der Waals surface area (Å²) in [4.78, 5) is 31.1. The maximum atomic E-state index is 12.4. The topological polar surface area (TPSA) is 77.6 Å². The number of aryl methyl sites for hydroxylation is 1. The van der Waals surface area contributed by atoms with Crippen LogP contribution in [0.25, 0.3) is 11.5 Å². The highest BCUT2D eigenvalue weighted by molar-refractivity contribution is 5.74. The van der Waals surface area contributed by atoms with Gasteiger partial charge in [0.05, 0.1) is 12.8 Å². The molecule has 2 aromatic heterocycles. The van der Waals surface area contributed by atoms with Crippen LogP contribution in [-0.2, 0) is 33.7 Å². The van der Waals surface area contributed by atoms with E-state index in [0.717, 1.165) is 28.1 Å². The lowest BCUT2D eigenvalue weighted by atomic mass is 10.0. The monoisotopic (exact) mass is 485 g/mol. The van der Waals surface area contributed by atoms with E-state index >= 15 is 0 Å². The fourth-order valence-corrected chi connectivity index (χ4v) is 4.18. The van der Waals surface area contributed by atoms with Crippen LogP contribution in [0.1, 0.15) is 35.5 Å². The maximum Gasteiger partial charge on any atom is 0.329 e. The van der Waals surface area contributed by atoms with Crippen molar-refractivity contribution >= 4 is 11.9 Å². The molecule has 0 fully saturated rings. The van der Waals surface area contributed by atoms with Gasteiger partial charge in [-0.25, -0.2) is 9.78 Å². The molecule has 0 N–H and O–H groups in total. The van der Waals surface area contributed by atoms with Crippen molar-refractivity contribution in [2.45, 2.75) is 39.3 Å². The molecule has 7 heteroatoms. The van der Waals surface area contributed by atoms with Crippen LogP contribution in [0.2, 0.25) is 0 Å². The van der Waals surface area contributed by atoms with Crippen LogP contribution < -0.4 is 0 Å². The number of amides is 1. The van der Waals surface area contributed by atoms with Crippen LogP contribution in [0.15, 0.2) is 83.5 Å². The molecular formula is C29H31N3O4. The van der Waals surface area contributed by atoms with Crippen molar-refractivity contribution < 1.29 is 18.7 Å². The zero-order chi connectivity index (χ0) is 25.5.